The Hall–Kier alpha value is -0.560. The van der Waals surface area contributed by atoms with E-state index in [4.69, 9.17) is 0 Å². The molecule has 0 atom stereocenters. The summed E-state index contributed by atoms with van der Waals surface area (Å²) < 4.78 is 0. The molecule has 0 spiro atoms. The summed E-state index contributed by atoms with van der Waals surface area (Å²) in [6.07, 6.45) is 17.5. The van der Waals surface area contributed by atoms with Gasteiger partial charge < -0.3 is 4.90 Å². The van der Waals surface area contributed by atoms with Gasteiger partial charge in [-0.25, -0.2) is 0 Å². The summed E-state index contributed by atoms with van der Waals surface area (Å²) in [5.74, 6) is 0. The first kappa shape index (κ1) is 23.4. The third-order valence-electron chi connectivity index (χ3n) is 4.70. The number of unbranched alkanes of at least 4 members (excludes halogenated alkanes) is 8. The van der Waals surface area contributed by atoms with Gasteiger partial charge in [-0.2, -0.15) is 0 Å². The maximum absolute atomic E-state index is 3.98. The topological polar surface area (TPSA) is 3.24 Å². The van der Waals surface area contributed by atoms with Crippen LogP contribution in [0.4, 0.5) is 0 Å². The fourth-order valence-corrected chi connectivity index (χ4v) is 3.24. The Kier molecular flexibility index (Phi) is 16.9. The van der Waals surface area contributed by atoms with Crippen LogP contribution in [-0.4, -0.2) is 24.5 Å². The Labute approximate surface area is 153 Å². The van der Waals surface area contributed by atoms with Gasteiger partial charge >= 0.3 is 0 Å². The van der Waals surface area contributed by atoms with E-state index in [9.17, 15) is 0 Å². The Morgan fingerprint density at radius 1 is 0.583 bits per heavy atom. The molecular formula is C23H45N. The van der Waals surface area contributed by atoms with Crippen LogP contribution in [0.3, 0.4) is 0 Å². The van der Waals surface area contributed by atoms with Crippen molar-refractivity contribution >= 4 is 0 Å². The summed E-state index contributed by atoms with van der Waals surface area (Å²) in [4.78, 5) is 2.70. The molecule has 0 rings (SSSR count). The van der Waals surface area contributed by atoms with Gasteiger partial charge in [-0.05, 0) is 78.4 Å². The molecule has 0 saturated carbocycles. The van der Waals surface area contributed by atoms with Crippen molar-refractivity contribution in [3.8, 4) is 0 Å². The van der Waals surface area contributed by atoms with Crippen molar-refractivity contribution in [3.63, 3.8) is 0 Å². The zero-order chi connectivity index (χ0) is 18.0. The maximum Gasteiger partial charge on any atom is -0.00187 e. The van der Waals surface area contributed by atoms with Crippen LogP contribution in [0.1, 0.15) is 104 Å². The van der Waals surface area contributed by atoms with Crippen LogP contribution in [0, 0.1) is 0 Å². The van der Waals surface area contributed by atoms with Crippen molar-refractivity contribution in [2.45, 2.75) is 104 Å². The minimum absolute atomic E-state index is 1.22. The zero-order valence-corrected chi connectivity index (χ0v) is 17.2. The Morgan fingerprint density at radius 2 is 0.958 bits per heavy atom. The fourth-order valence-electron chi connectivity index (χ4n) is 3.24. The molecule has 0 N–H and O–H groups in total. The van der Waals surface area contributed by atoms with E-state index in [1.807, 2.05) is 0 Å². The smallest absolute Gasteiger partial charge is 0.00187 e. The molecule has 142 valence electrons. The maximum atomic E-state index is 3.98. The molecule has 0 aromatic carbocycles. The molecule has 1 nitrogen and oxygen atoms in total. The van der Waals surface area contributed by atoms with Crippen LogP contribution in [0.5, 0.6) is 0 Å². The molecule has 1 heteroatoms. The van der Waals surface area contributed by atoms with Crippen molar-refractivity contribution < 1.29 is 0 Å². The highest BCUT2D eigenvalue weighted by molar-refractivity contribution is 4.87. The van der Waals surface area contributed by atoms with Crippen LogP contribution in [0.15, 0.2) is 24.3 Å². The van der Waals surface area contributed by atoms with Gasteiger partial charge in [-0.1, -0.05) is 56.6 Å². The average Bonchev–Trinajstić information content (AvgIpc) is 2.52. The van der Waals surface area contributed by atoms with Crippen LogP contribution in [0.25, 0.3) is 0 Å². The second-order valence-electron chi connectivity index (χ2n) is 7.79. The lowest BCUT2D eigenvalue weighted by Crippen LogP contribution is -2.27. The lowest BCUT2D eigenvalue weighted by Gasteiger charge is -2.21. The van der Waals surface area contributed by atoms with Gasteiger partial charge in [0.25, 0.3) is 0 Å². The monoisotopic (exact) mass is 335 g/mol. The van der Waals surface area contributed by atoms with Crippen molar-refractivity contribution in [3.05, 3.63) is 24.3 Å². The molecule has 0 aliphatic carbocycles. The molecule has 0 amide bonds. The number of nitrogens with zero attached hydrogens (tertiary/aromatic N) is 1. The highest BCUT2D eigenvalue weighted by Crippen LogP contribution is 2.12. The second-order valence-corrected chi connectivity index (χ2v) is 7.79. The van der Waals surface area contributed by atoms with E-state index in [2.05, 4.69) is 38.8 Å². The fraction of sp³-hybridized carbons (Fsp3) is 0.826. The minimum Gasteiger partial charge on any atom is -0.303 e. The predicted octanol–water partition coefficient (Wildman–Crippen LogP) is 7.53. The van der Waals surface area contributed by atoms with E-state index in [-0.39, 0.29) is 0 Å². The van der Waals surface area contributed by atoms with Gasteiger partial charge in [0, 0.05) is 0 Å². The first-order valence-corrected chi connectivity index (χ1v) is 10.6. The van der Waals surface area contributed by atoms with Gasteiger partial charge in [0.1, 0.15) is 0 Å². The van der Waals surface area contributed by atoms with Gasteiger partial charge in [0.15, 0.2) is 0 Å². The molecule has 0 radical (unpaired) electrons. The molecule has 24 heavy (non-hydrogen) atoms. The third kappa shape index (κ3) is 17.8. The molecule has 0 saturated heterocycles. The molecule has 0 unspecified atom stereocenters. The highest BCUT2D eigenvalue weighted by Gasteiger charge is 2.03. The van der Waals surface area contributed by atoms with E-state index < -0.39 is 0 Å². The third-order valence-corrected chi connectivity index (χ3v) is 4.70. The number of allylic oxidation sites excluding steroid dienone is 2. The standard InChI is InChI=1S/C23H45N/c1-6-19-24(20-15-11-7-9-13-17-22(2)3)21-16-12-8-10-14-18-23(4)5/h2,4,6-21H2,1,3,5H3. The summed E-state index contributed by atoms with van der Waals surface area (Å²) in [5, 5.41) is 0. The van der Waals surface area contributed by atoms with E-state index in [0.29, 0.717) is 0 Å². The minimum atomic E-state index is 1.22. The number of hydrogen-bond donors (Lipinski definition) is 0. The molecule has 0 aliphatic rings. The summed E-state index contributed by atoms with van der Waals surface area (Å²) in [7, 11) is 0. The zero-order valence-electron chi connectivity index (χ0n) is 17.2. The normalized spacial score (nSPS) is 11.2. The van der Waals surface area contributed by atoms with E-state index in [0.717, 1.165) is 0 Å². The number of hydrogen-bond acceptors (Lipinski definition) is 1. The summed E-state index contributed by atoms with van der Waals surface area (Å²) >= 11 is 0. The Balaban J connectivity index is 3.52. The van der Waals surface area contributed by atoms with Crippen LogP contribution in [-0.2, 0) is 0 Å². The molecule has 0 fully saturated rings. The summed E-state index contributed by atoms with van der Waals surface area (Å²) in [6.45, 7) is 18.5. The summed E-state index contributed by atoms with van der Waals surface area (Å²) in [5.41, 5.74) is 2.67. The average molecular weight is 336 g/mol. The van der Waals surface area contributed by atoms with Gasteiger partial charge in [0.2, 0.25) is 0 Å². The largest absolute Gasteiger partial charge is 0.303 e. The lowest BCUT2D eigenvalue weighted by molar-refractivity contribution is 0.260. The molecule has 0 heterocycles. The van der Waals surface area contributed by atoms with Crippen molar-refractivity contribution in [2.75, 3.05) is 19.6 Å². The molecular weight excluding hydrogens is 290 g/mol. The van der Waals surface area contributed by atoms with Gasteiger partial charge in [-0.3, -0.25) is 0 Å². The first-order chi connectivity index (χ1) is 11.6. The lowest BCUT2D eigenvalue weighted by atomic mass is 10.1. The number of rotatable bonds is 18. The van der Waals surface area contributed by atoms with Crippen LogP contribution < -0.4 is 0 Å². The Bertz CT molecular complexity index is 277. The van der Waals surface area contributed by atoms with Crippen LogP contribution in [0.2, 0.25) is 0 Å². The van der Waals surface area contributed by atoms with E-state index in [1.54, 1.807) is 0 Å². The molecule has 0 aromatic heterocycles. The first-order valence-electron chi connectivity index (χ1n) is 10.6. The predicted molar refractivity (Wildman–Crippen MR) is 112 cm³/mol. The van der Waals surface area contributed by atoms with Gasteiger partial charge in [-0.15, -0.1) is 13.2 Å². The molecule has 0 aliphatic heterocycles. The van der Waals surface area contributed by atoms with Crippen molar-refractivity contribution in [1.82, 2.24) is 4.90 Å². The Morgan fingerprint density at radius 3 is 1.33 bits per heavy atom. The molecule has 0 aromatic rings. The highest BCUT2D eigenvalue weighted by atomic mass is 15.1. The second kappa shape index (κ2) is 17.3. The van der Waals surface area contributed by atoms with Gasteiger partial charge in [0.05, 0.1) is 0 Å². The summed E-state index contributed by atoms with van der Waals surface area (Å²) in [6, 6.07) is 0. The van der Waals surface area contributed by atoms with E-state index >= 15 is 0 Å². The quantitative estimate of drug-likeness (QED) is 0.185. The van der Waals surface area contributed by atoms with Crippen molar-refractivity contribution in [2.24, 2.45) is 0 Å². The molecule has 0 bridgehead atoms. The van der Waals surface area contributed by atoms with E-state index in [1.165, 1.54) is 114 Å². The van der Waals surface area contributed by atoms with Crippen molar-refractivity contribution in [1.29, 1.82) is 0 Å². The van der Waals surface area contributed by atoms with Crippen LogP contribution >= 0.6 is 0 Å². The SMILES string of the molecule is C=C(C)CCCCCCCN(CCC)CCCCCCCC(=C)C.